The average Bonchev–Trinajstić information content (AvgIpc) is 3.23. The Bertz CT molecular complexity index is 894. The van der Waals surface area contributed by atoms with Gasteiger partial charge >= 0.3 is 17.9 Å². The molecular weight excluding hydrogens is 376 g/mol. The molecule has 0 radical (unpaired) electrons. The van der Waals surface area contributed by atoms with Gasteiger partial charge in [-0.3, -0.25) is 0 Å². The van der Waals surface area contributed by atoms with Crippen LogP contribution < -0.4 is 0 Å². The molecule has 0 spiro atoms. The lowest BCUT2D eigenvalue weighted by atomic mass is 10.0. The van der Waals surface area contributed by atoms with Gasteiger partial charge in [0.05, 0.1) is 0 Å². The molecule has 0 aliphatic rings. The van der Waals surface area contributed by atoms with E-state index in [2.05, 4.69) is 19.7 Å². The predicted octanol–water partition coefficient (Wildman–Crippen LogP) is 3.63. The summed E-state index contributed by atoms with van der Waals surface area (Å²) in [6.07, 6.45) is 3.20. The molecule has 0 fully saturated rings. The fraction of sp³-hybridized carbons (Fsp3) is 0.136. The molecular formula is C22H20O7. The summed E-state index contributed by atoms with van der Waals surface area (Å²) in [6.45, 7) is 10.0. The number of rotatable bonds is 10. The van der Waals surface area contributed by atoms with E-state index < -0.39 is 17.9 Å². The van der Waals surface area contributed by atoms with Crippen LogP contribution in [0.3, 0.4) is 0 Å². The molecule has 0 saturated carbocycles. The van der Waals surface area contributed by atoms with Crippen LogP contribution in [0.4, 0.5) is 0 Å². The van der Waals surface area contributed by atoms with E-state index in [0.29, 0.717) is 28.2 Å². The highest BCUT2D eigenvalue weighted by Crippen LogP contribution is 2.26. The maximum absolute atomic E-state index is 11.3. The summed E-state index contributed by atoms with van der Waals surface area (Å²) < 4.78 is 20.8. The Hall–Kier alpha value is -3.87. The molecule has 7 nitrogen and oxygen atoms in total. The highest BCUT2D eigenvalue weighted by atomic mass is 16.5. The predicted molar refractivity (Wildman–Crippen MR) is 104 cm³/mol. The largest absolute Gasteiger partial charge is 0.458 e. The number of carbonyl (C=O) groups is 3. The SMILES string of the molecule is C=CC(=O)OCc1cc(COC(=O)C=C)cc(-c2ccc(COC(=O)C=C)o2)c1. The third-order valence-corrected chi connectivity index (χ3v) is 3.62. The summed E-state index contributed by atoms with van der Waals surface area (Å²) in [5.41, 5.74) is 2.00. The van der Waals surface area contributed by atoms with Crippen molar-refractivity contribution in [3.05, 3.63) is 85.2 Å². The first-order valence-corrected chi connectivity index (χ1v) is 8.54. The zero-order valence-electron chi connectivity index (χ0n) is 15.7. The van der Waals surface area contributed by atoms with E-state index in [-0.39, 0.29) is 19.8 Å². The molecule has 0 aliphatic carbocycles. The van der Waals surface area contributed by atoms with E-state index >= 15 is 0 Å². The van der Waals surface area contributed by atoms with Crippen molar-refractivity contribution in [3.63, 3.8) is 0 Å². The molecule has 0 saturated heterocycles. The first-order chi connectivity index (χ1) is 13.9. The molecule has 1 aromatic heterocycles. The van der Waals surface area contributed by atoms with Crippen LogP contribution in [0.2, 0.25) is 0 Å². The lowest BCUT2D eigenvalue weighted by Crippen LogP contribution is -2.03. The Balaban J connectivity index is 2.24. The van der Waals surface area contributed by atoms with Crippen molar-refractivity contribution >= 4 is 17.9 Å². The minimum absolute atomic E-state index is 0.00557. The second-order valence-electron chi connectivity index (χ2n) is 5.74. The van der Waals surface area contributed by atoms with Crippen molar-refractivity contribution in [2.45, 2.75) is 19.8 Å². The summed E-state index contributed by atoms with van der Waals surface area (Å²) in [4.78, 5) is 33.9. The fourth-order valence-corrected chi connectivity index (χ4v) is 2.31. The van der Waals surface area contributed by atoms with Crippen molar-refractivity contribution in [2.24, 2.45) is 0 Å². The van der Waals surface area contributed by atoms with Gasteiger partial charge in [0.15, 0.2) is 0 Å². The van der Waals surface area contributed by atoms with E-state index in [9.17, 15) is 14.4 Å². The zero-order chi connectivity index (χ0) is 21.2. The van der Waals surface area contributed by atoms with Crippen LogP contribution in [-0.2, 0) is 48.4 Å². The van der Waals surface area contributed by atoms with Crippen molar-refractivity contribution in [1.29, 1.82) is 0 Å². The second kappa shape index (κ2) is 10.5. The molecule has 2 aromatic rings. The van der Waals surface area contributed by atoms with Crippen molar-refractivity contribution in [1.82, 2.24) is 0 Å². The molecule has 0 aliphatic heterocycles. The molecule has 1 heterocycles. The Labute approximate surface area is 167 Å². The lowest BCUT2D eigenvalue weighted by Gasteiger charge is -2.09. The molecule has 0 N–H and O–H groups in total. The van der Waals surface area contributed by atoms with Gasteiger partial charge in [-0.2, -0.15) is 0 Å². The smallest absolute Gasteiger partial charge is 0.330 e. The van der Waals surface area contributed by atoms with Crippen molar-refractivity contribution in [2.75, 3.05) is 0 Å². The van der Waals surface area contributed by atoms with E-state index in [1.54, 1.807) is 30.3 Å². The summed E-state index contributed by atoms with van der Waals surface area (Å²) in [5, 5.41) is 0. The minimum atomic E-state index is -0.556. The Kier molecular flexibility index (Phi) is 7.73. The first-order valence-electron chi connectivity index (χ1n) is 8.54. The number of hydrogen-bond acceptors (Lipinski definition) is 7. The molecule has 1 aromatic carbocycles. The monoisotopic (exact) mass is 396 g/mol. The quantitative estimate of drug-likeness (QED) is 0.344. The van der Waals surface area contributed by atoms with E-state index in [4.69, 9.17) is 18.6 Å². The highest BCUT2D eigenvalue weighted by molar-refractivity contribution is 5.82. The summed E-state index contributed by atoms with van der Waals surface area (Å²) in [6, 6.07) is 8.67. The van der Waals surface area contributed by atoms with Crippen molar-refractivity contribution < 1.29 is 33.0 Å². The molecule has 7 heteroatoms. The maximum Gasteiger partial charge on any atom is 0.330 e. The standard InChI is InChI=1S/C22H20O7/c1-4-20(23)26-12-15-9-16(13-27-21(24)5-2)11-17(10-15)19-8-7-18(29-19)14-28-22(25)6-3/h4-11H,1-3,12-14H2. The topological polar surface area (TPSA) is 92.0 Å². The van der Waals surface area contributed by atoms with Gasteiger partial charge in [0.2, 0.25) is 0 Å². The normalized spacial score (nSPS) is 9.93. The van der Waals surface area contributed by atoms with Gasteiger partial charge in [-0.25, -0.2) is 14.4 Å². The Morgan fingerprint density at radius 2 is 1.24 bits per heavy atom. The van der Waals surface area contributed by atoms with Gasteiger partial charge in [-0.1, -0.05) is 19.7 Å². The number of ether oxygens (including phenoxy) is 3. The number of carbonyl (C=O) groups excluding carboxylic acids is 3. The highest BCUT2D eigenvalue weighted by Gasteiger charge is 2.11. The molecule has 0 atom stereocenters. The van der Waals surface area contributed by atoms with E-state index in [1.807, 2.05) is 0 Å². The molecule has 0 bridgehead atoms. The van der Waals surface area contributed by atoms with Gasteiger partial charge in [-0.05, 0) is 41.5 Å². The van der Waals surface area contributed by atoms with Crippen molar-refractivity contribution in [3.8, 4) is 11.3 Å². The molecule has 0 amide bonds. The lowest BCUT2D eigenvalue weighted by molar-refractivity contribution is -0.140. The number of esters is 3. The molecule has 150 valence electrons. The summed E-state index contributed by atoms with van der Waals surface area (Å²) >= 11 is 0. The third-order valence-electron chi connectivity index (χ3n) is 3.62. The Morgan fingerprint density at radius 1 is 0.759 bits per heavy atom. The van der Waals surface area contributed by atoms with Gasteiger partial charge in [-0.15, -0.1) is 0 Å². The number of hydrogen-bond donors (Lipinski definition) is 0. The zero-order valence-corrected chi connectivity index (χ0v) is 15.7. The van der Waals surface area contributed by atoms with Gasteiger partial charge in [0.1, 0.15) is 31.3 Å². The van der Waals surface area contributed by atoms with E-state index in [0.717, 1.165) is 18.2 Å². The number of benzene rings is 1. The van der Waals surface area contributed by atoms with Crippen LogP contribution in [0.1, 0.15) is 16.9 Å². The second-order valence-corrected chi connectivity index (χ2v) is 5.74. The Morgan fingerprint density at radius 3 is 1.72 bits per heavy atom. The van der Waals surface area contributed by atoms with Crippen LogP contribution in [0.25, 0.3) is 11.3 Å². The summed E-state index contributed by atoms with van der Waals surface area (Å²) in [7, 11) is 0. The van der Waals surface area contributed by atoms with Gasteiger partial charge < -0.3 is 18.6 Å². The average molecular weight is 396 g/mol. The van der Waals surface area contributed by atoms with Crippen LogP contribution >= 0.6 is 0 Å². The fourth-order valence-electron chi connectivity index (χ4n) is 2.31. The summed E-state index contributed by atoms with van der Waals surface area (Å²) in [5.74, 6) is -0.722. The third kappa shape index (κ3) is 6.66. The first kappa shape index (κ1) is 21.4. The van der Waals surface area contributed by atoms with Crippen LogP contribution in [0.5, 0.6) is 0 Å². The van der Waals surface area contributed by atoms with Gasteiger partial charge in [0, 0.05) is 23.8 Å². The van der Waals surface area contributed by atoms with E-state index in [1.165, 1.54) is 0 Å². The minimum Gasteiger partial charge on any atom is -0.458 e. The van der Waals surface area contributed by atoms with Crippen LogP contribution in [-0.4, -0.2) is 17.9 Å². The van der Waals surface area contributed by atoms with Gasteiger partial charge in [0.25, 0.3) is 0 Å². The molecule has 0 unspecified atom stereocenters. The molecule has 29 heavy (non-hydrogen) atoms. The molecule has 2 rings (SSSR count). The number of furan rings is 1. The van der Waals surface area contributed by atoms with Crippen LogP contribution in [0, 0.1) is 0 Å². The van der Waals surface area contributed by atoms with Crippen LogP contribution in [0.15, 0.2) is 72.7 Å². The maximum atomic E-state index is 11.3.